The molecule has 0 radical (unpaired) electrons. The van der Waals surface area contributed by atoms with E-state index in [1.165, 1.54) is 21.0 Å². The fourth-order valence-corrected chi connectivity index (χ4v) is 5.20. The van der Waals surface area contributed by atoms with Crippen LogP contribution < -0.4 is 4.74 Å². The Balaban J connectivity index is 3.37. The van der Waals surface area contributed by atoms with Crippen LogP contribution in [0.4, 0.5) is 0 Å². The standard InChI is InChI=1S/C14H19IO6/c1-9(18-4)12-7-6-8-13(19-5)14(12)15(20-10(2)16)21-11(3)17/h6-9H,1-5H3/t9-/m0/s1. The topological polar surface area (TPSA) is 71.1 Å². The third-order valence-corrected chi connectivity index (χ3v) is 6.59. The third-order valence-electron chi connectivity index (χ3n) is 2.52. The Morgan fingerprint density at radius 2 is 1.67 bits per heavy atom. The summed E-state index contributed by atoms with van der Waals surface area (Å²) in [6, 6.07) is 5.38. The number of rotatable bonds is 6. The fraction of sp³-hybridized carbons (Fsp3) is 0.429. The Bertz CT molecular complexity index is 500. The molecule has 7 heteroatoms. The first-order chi connectivity index (χ1) is 9.90. The van der Waals surface area contributed by atoms with E-state index in [9.17, 15) is 9.59 Å². The van der Waals surface area contributed by atoms with E-state index in [0.29, 0.717) is 9.32 Å². The van der Waals surface area contributed by atoms with Crippen LogP contribution in [0.15, 0.2) is 18.2 Å². The van der Waals surface area contributed by atoms with Crippen LogP contribution in [-0.2, 0) is 20.5 Å². The van der Waals surface area contributed by atoms with Gasteiger partial charge in [0.25, 0.3) is 0 Å². The van der Waals surface area contributed by atoms with Crippen LogP contribution in [0.1, 0.15) is 32.4 Å². The number of methoxy groups -OCH3 is 2. The molecule has 6 nitrogen and oxygen atoms in total. The third kappa shape index (κ3) is 4.85. The van der Waals surface area contributed by atoms with Gasteiger partial charge >= 0.3 is 132 Å². The number of benzene rings is 1. The number of hydrogen-bond acceptors (Lipinski definition) is 6. The van der Waals surface area contributed by atoms with E-state index in [1.807, 2.05) is 19.1 Å². The van der Waals surface area contributed by atoms with Gasteiger partial charge in [-0.05, 0) is 0 Å². The fourth-order valence-electron chi connectivity index (χ4n) is 1.58. The van der Waals surface area contributed by atoms with Gasteiger partial charge in [-0.15, -0.1) is 0 Å². The second-order valence-electron chi connectivity index (χ2n) is 4.10. The van der Waals surface area contributed by atoms with Crippen LogP contribution in [0.25, 0.3) is 0 Å². The summed E-state index contributed by atoms with van der Waals surface area (Å²) in [5, 5.41) is 0. The first-order valence-electron chi connectivity index (χ1n) is 6.18. The monoisotopic (exact) mass is 410 g/mol. The maximum atomic E-state index is 11.3. The number of hydrogen-bond donors (Lipinski definition) is 0. The summed E-state index contributed by atoms with van der Waals surface area (Å²) < 4.78 is 21.8. The van der Waals surface area contributed by atoms with Gasteiger partial charge in [-0.2, -0.15) is 0 Å². The van der Waals surface area contributed by atoms with Gasteiger partial charge in [-0.3, -0.25) is 0 Å². The Labute approximate surface area is 132 Å². The molecule has 0 heterocycles. The summed E-state index contributed by atoms with van der Waals surface area (Å²) >= 11 is -2.98. The van der Waals surface area contributed by atoms with Gasteiger partial charge in [0.15, 0.2) is 0 Å². The molecule has 0 unspecified atom stereocenters. The van der Waals surface area contributed by atoms with E-state index >= 15 is 0 Å². The van der Waals surface area contributed by atoms with Crippen LogP contribution in [-0.4, -0.2) is 26.2 Å². The molecule has 0 aliphatic carbocycles. The van der Waals surface area contributed by atoms with Gasteiger partial charge in [-0.25, -0.2) is 0 Å². The van der Waals surface area contributed by atoms with Crippen molar-refractivity contribution in [3.05, 3.63) is 27.3 Å². The molecular formula is C14H19IO6. The van der Waals surface area contributed by atoms with Gasteiger partial charge in [0.1, 0.15) is 0 Å². The summed E-state index contributed by atoms with van der Waals surface area (Å²) in [6.45, 7) is 4.42. The van der Waals surface area contributed by atoms with Crippen molar-refractivity contribution in [3.63, 3.8) is 0 Å². The van der Waals surface area contributed by atoms with Gasteiger partial charge in [0.05, 0.1) is 0 Å². The molecule has 118 valence electrons. The van der Waals surface area contributed by atoms with Crippen molar-refractivity contribution >= 4 is 32.6 Å². The van der Waals surface area contributed by atoms with Gasteiger partial charge in [0.2, 0.25) is 0 Å². The van der Waals surface area contributed by atoms with Crippen LogP contribution >= 0.6 is 20.6 Å². The average molecular weight is 410 g/mol. The van der Waals surface area contributed by atoms with Crippen molar-refractivity contribution in [1.29, 1.82) is 0 Å². The molecule has 1 atom stereocenters. The van der Waals surface area contributed by atoms with Gasteiger partial charge in [-0.1, -0.05) is 0 Å². The van der Waals surface area contributed by atoms with Gasteiger partial charge < -0.3 is 0 Å². The Morgan fingerprint density at radius 1 is 1.10 bits per heavy atom. The molecule has 0 aliphatic heterocycles. The second kappa shape index (κ2) is 8.18. The summed E-state index contributed by atoms with van der Waals surface area (Å²) in [5.41, 5.74) is 0.782. The molecule has 21 heavy (non-hydrogen) atoms. The van der Waals surface area contributed by atoms with E-state index in [4.69, 9.17) is 15.6 Å². The second-order valence-corrected chi connectivity index (χ2v) is 7.30. The molecule has 0 amide bonds. The average Bonchev–Trinajstić information content (AvgIpc) is 2.43. The molecule has 0 aromatic heterocycles. The predicted molar refractivity (Wildman–Crippen MR) is 84.7 cm³/mol. The molecule has 0 bridgehead atoms. The molecule has 0 N–H and O–H groups in total. The summed E-state index contributed by atoms with van der Waals surface area (Å²) in [6.07, 6.45) is -0.249. The number of carbonyl (C=O) groups excluding carboxylic acids is 2. The molecular weight excluding hydrogens is 391 g/mol. The van der Waals surface area contributed by atoms with E-state index in [2.05, 4.69) is 0 Å². The zero-order valence-electron chi connectivity index (χ0n) is 12.6. The van der Waals surface area contributed by atoms with Crippen molar-refractivity contribution in [2.24, 2.45) is 0 Å². The minimum atomic E-state index is -2.98. The number of halogens is 1. The van der Waals surface area contributed by atoms with Crippen LogP contribution in [0.3, 0.4) is 0 Å². The molecule has 0 aliphatic rings. The summed E-state index contributed by atoms with van der Waals surface area (Å²) in [4.78, 5) is 22.6. The Morgan fingerprint density at radius 3 is 2.10 bits per heavy atom. The molecule has 1 aromatic carbocycles. The molecule has 1 aromatic rings. The van der Waals surface area contributed by atoms with E-state index in [1.54, 1.807) is 13.2 Å². The Kier molecular flexibility index (Phi) is 6.90. The normalized spacial score (nSPS) is 12.3. The molecule has 0 fully saturated rings. The van der Waals surface area contributed by atoms with Gasteiger partial charge in [0, 0.05) is 0 Å². The summed E-state index contributed by atoms with van der Waals surface area (Å²) in [5.74, 6) is -0.476. The van der Waals surface area contributed by atoms with Crippen molar-refractivity contribution in [3.8, 4) is 5.75 Å². The van der Waals surface area contributed by atoms with Crippen molar-refractivity contribution < 1.29 is 25.2 Å². The molecule has 0 saturated carbocycles. The molecule has 0 spiro atoms. The van der Waals surface area contributed by atoms with E-state index in [0.717, 1.165) is 5.56 Å². The summed E-state index contributed by atoms with van der Waals surface area (Å²) in [7, 11) is 3.08. The minimum absolute atomic E-state index is 0.249. The molecule has 1 rings (SSSR count). The number of ether oxygens (including phenoxy) is 2. The van der Waals surface area contributed by atoms with E-state index in [-0.39, 0.29) is 6.10 Å². The zero-order valence-corrected chi connectivity index (χ0v) is 14.8. The van der Waals surface area contributed by atoms with Crippen molar-refractivity contribution in [2.45, 2.75) is 26.9 Å². The Hall–Kier alpha value is -1.35. The van der Waals surface area contributed by atoms with Crippen molar-refractivity contribution in [1.82, 2.24) is 0 Å². The van der Waals surface area contributed by atoms with Crippen LogP contribution in [0, 0.1) is 3.57 Å². The molecule has 0 saturated heterocycles. The first-order valence-corrected chi connectivity index (χ1v) is 9.02. The SMILES string of the molecule is COc1cccc([C@H](C)OC)c1I(OC(C)=O)OC(C)=O. The zero-order chi connectivity index (χ0) is 16.0. The van der Waals surface area contributed by atoms with Crippen molar-refractivity contribution in [2.75, 3.05) is 14.2 Å². The quantitative estimate of drug-likeness (QED) is 0.672. The number of carbonyl (C=O) groups is 2. The predicted octanol–water partition coefficient (Wildman–Crippen LogP) is 3.03. The van der Waals surface area contributed by atoms with Crippen LogP contribution in [0.5, 0.6) is 5.75 Å². The first kappa shape index (κ1) is 17.7. The maximum absolute atomic E-state index is 11.3. The van der Waals surface area contributed by atoms with Crippen LogP contribution in [0.2, 0.25) is 0 Å². The van der Waals surface area contributed by atoms with E-state index < -0.39 is 32.6 Å².